The number of phenolic OH excluding ortho intramolecular Hbond substituents is 1. The van der Waals surface area contributed by atoms with Crippen LogP contribution in [0.15, 0.2) is 60.7 Å². The van der Waals surface area contributed by atoms with Gasteiger partial charge >= 0.3 is 0 Å². The Morgan fingerprint density at radius 2 is 1.59 bits per heavy atom. The Balaban J connectivity index is 1.89. The van der Waals surface area contributed by atoms with Crippen molar-refractivity contribution >= 4 is 10.8 Å². The highest BCUT2D eigenvalue weighted by molar-refractivity contribution is 5.94. The fourth-order valence-corrected chi connectivity index (χ4v) is 2.92. The van der Waals surface area contributed by atoms with Crippen LogP contribution >= 0.6 is 0 Å². The lowest BCUT2D eigenvalue weighted by Crippen LogP contribution is -1.86. The van der Waals surface area contributed by atoms with Crippen molar-refractivity contribution in [1.29, 1.82) is 0 Å². The minimum atomic E-state index is 0.372. The van der Waals surface area contributed by atoms with Crippen molar-refractivity contribution in [3.63, 3.8) is 0 Å². The van der Waals surface area contributed by atoms with Crippen LogP contribution in [-0.4, -0.2) is 5.11 Å². The van der Waals surface area contributed by atoms with Crippen molar-refractivity contribution < 1.29 is 5.11 Å². The van der Waals surface area contributed by atoms with Gasteiger partial charge < -0.3 is 5.11 Å². The Labute approximate surface area is 132 Å². The van der Waals surface area contributed by atoms with Crippen LogP contribution in [0.1, 0.15) is 31.7 Å². The van der Waals surface area contributed by atoms with E-state index < -0.39 is 0 Å². The minimum absolute atomic E-state index is 0.372. The summed E-state index contributed by atoms with van der Waals surface area (Å²) in [6.45, 7) is 2.23. The number of hydrogen-bond acceptors (Lipinski definition) is 1. The molecule has 3 rings (SSSR count). The summed E-state index contributed by atoms with van der Waals surface area (Å²) >= 11 is 0. The summed E-state index contributed by atoms with van der Waals surface area (Å²) < 4.78 is 0. The van der Waals surface area contributed by atoms with Crippen molar-refractivity contribution in [3.8, 4) is 16.9 Å². The molecule has 22 heavy (non-hydrogen) atoms. The molecule has 0 aliphatic heterocycles. The average Bonchev–Trinajstić information content (AvgIpc) is 2.57. The zero-order valence-electron chi connectivity index (χ0n) is 13.0. The molecule has 112 valence electrons. The molecule has 0 unspecified atom stereocenters. The van der Waals surface area contributed by atoms with Crippen LogP contribution in [0.4, 0.5) is 0 Å². The number of fused-ring (bicyclic) bond motifs is 1. The lowest BCUT2D eigenvalue weighted by Gasteiger charge is -2.09. The van der Waals surface area contributed by atoms with Gasteiger partial charge in [0.15, 0.2) is 0 Å². The van der Waals surface area contributed by atoms with Crippen LogP contribution in [-0.2, 0) is 6.42 Å². The van der Waals surface area contributed by atoms with Gasteiger partial charge in [-0.3, -0.25) is 0 Å². The van der Waals surface area contributed by atoms with Gasteiger partial charge in [0.2, 0.25) is 0 Å². The zero-order chi connectivity index (χ0) is 15.4. The number of aryl methyl sites for hydroxylation is 1. The third-order valence-corrected chi connectivity index (χ3v) is 4.23. The smallest absolute Gasteiger partial charge is 0.131 e. The van der Waals surface area contributed by atoms with Gasteiger partial charge in [0.25, 0.3) is 0 Å². The van der Waals surface area contributed by atoms with Crippen LogP contribution < -0.4 is 0 Å². The molecular formula is C21H22O. The molecule has 0 radical (unpaired) electrons. The highest BCUT2D eigenvalue weighted by Crippen LogP contribution is 2.35. The summed E-state index contributed by atoms with van der Waals surface area (Å²) in [5.74, 6) is 0.372. The van der Waals surface area contributed by atoms with Gasteiger partial charge in [0.1, 0.15) is 5.75 Å². The second kappa shape index (κ2) is 6.65. The predicted octanol–water partition coefficient (Wildman–Crippen LogP) is 5.95. The lowest BCUT2D eigenvalue weighted by atomic mass is 9.98. The first kappa shape index (κ1) is 14.6. The van der Waals surface area contributed by atoms with Crippen LogP contribution in [0.25, 0.3) is 21.9 Å². The average molecular weight is 290 g/mol. The summed E-state index contributed by atoms with van der Waals surface area (Å²) in [4.78, 5) is 0. The van der Waals surface area contributed by atoms with E-state index in [9.17, 15) is 5.11 Å². The normalized spacial score (nSPS) is 11.0. The molecule has 0 fully saturated rings. The second-order valence-corrected chi connectivity index (χ2v) is 5.84. The molecule has 1 nitrogen and oxygen atoms in total. The summed E-state index contributed by atoms with van der Waals surface area (Å²) in [6, 6.07) is 20.6. The summed E-state index contributed by atoms with van der Waals surface area (Å²) in [5.41, 5.74) is 3.35. The highest BCUT2D eigenvalue weighted by Gasteiger charge is 2.08. The monoisotopic (exact) mass is 290 g/mol. The number of unbranched alkanes of at least 4 members (excludes halogenated alkanes) is 2. The Hall–Kier alpha value is -2.28. The number of phenols is 1. The molecule has 0 amide bonds. The summed E-state index contributed by atoms with van der Waals surface area (Å²) in [6.07, 6.45) is 4.92. The number of benzene rings is 3. The molecule has 1 heteroatoms. The Morgan fingerprint density at radius 1 is 0.818 bits per heavy atom. The molecule has 0 saturated heterocycles. The van der Waals surface area contributed by atoms with Crippen molar-refractivity contribution in [2.45, 2.75) is 32.6 Å². The van der Waals surface area contributed by atoms with Crippen molar-refractivity contribution in [3.05, 3.63) is 66.2 Å². The van der Waals surface area contributed by atoms with E-state index in [1.807, 2.05) is 30.3 Å². The maximum Gasteiger partial charge on any atom is 0.131 e. The quantitative estimate of drug-likeness (QED) is 0.576. The first-order valence-corrected chi connectivity index (χ1v) is 8.09. The van der Waals surface area contributed by atoms with Gasteiger partial charge in [-0.1, -0.05) is 80.4 Å². The van der Waals surface area contributed by atoms with E-state index in [1.165, 1.54) is 24.8 Å². The molecule has 0 aromatic heterocycles. The third kappa shape index (κ3) is 2.99. The van der Waals surface area contributed by atoms with Crippen LogP contribution in [0, 0.1) is 0 Å². The number of hydrogen-bond donors (Lipinski definition) is 1. The molecule has 0 saturated carbocycles. The van der Waals surface area contributed by atoms with E-state index in [4.69, 9.17) is 0 Å². The zero-order valence-corrected chi connectivity index (χ0v) is 13.0. The Kier molecular flexibility index (Phi) is 4.43. The van der Waals surface area contributed by atoms with E-state index in [2.05, 4.69) is 37.3 Å². The van der Waals surface area contributed by atoms with E-state index in [1.54, 1.807) is 0 Å². The van der Waals surface area contributed by atoms with Gasteiger partial charge in [0.05, 0.1) is 0 Å². The van der Waals surface area contributed by atoms with Gasteiger partial charge in [-0.15, -0.1) is 0 Å². The maximum atomic E-state index is 10.5. The van der Waals surface area contributed by atoms with Crippen molar-refractivity contribution in [2.75, 3.05) is 0 Å². The second-order valence-electron chi connectivity index (χ2n) is 5.84. The minimum Gasteiger partial charge on any atom is -0.507 e. The van der Waals surface area contributed by atoms with Gasteiger partial charge in [-0.25, -0.2) is 0 Å². The summed E-state index contributed by atoms with van der Waals surface area (Å²) in [7, 11) is 0. The van der Waals surface area contributed by atoms with Crippen LogP contribution in [0.5, 0.6) is 5.75 Å². The topological polar surface area (TPSA) is 20.2 Å². The van der Waals surface area contributed by atoms with E-state index in [0.717, 1.165) is 28.3 Å². The molecule has 1 N–H and O–H groups in total. The molecule has 0 spiro atoms. The highest BCUT2D eigenvalue weighted by atomic mass is 16.3. The molecule has 3 aromatic rings. The summed E-state index contributed by atoms with van der Waals surface area (Å²) in [5, 5.41) is 12.5. The molecule has 0 heterocycles. The van der Waals surface area contributed by atoms with Crippen LogP contribution in [0.2, 0.25) is 0 Å². The molecule has 0 bridgehead atoms. The standard InChI is InChI=1S/C21H22O/c1-2-3-4-7-16-10-12-18(13-11-16)20-15-14-17-8-5-6-9-19(17)21(20)22/h5-6,8-15,22H,2-4,7H2,1H3. The van der Waals surface area contributed by atoms with Gasteiger partial charge in [-0.2, -0.15) is 0 Å². The van der Waals surface area contributed by atoms with Gasteiger partial charge in [0, 0.05) is 10.9 Å². The van der Waals surface area contributed by atoms with Gasteiger partial charge in [-0.05, 0) is 29.4 Å². The SMILES string of the molecule is CCCCCc1ccc(-c2ccc3ccccc3c2O)cc1. The van der Waals surface area contributed by atoms with Crippen LogP contribution in [0.3, 0.4) is 0 Å². The Bertz CT molecular complexity index is 756. The fourth-order valence-electron chi connectivity index (χ4n) is 2.92. The molecular weight excluding hydrogens is 268 g/mol. The number of rotatable bonds is 5. The van der Waals surface area contributed by atoms with E-state index in [-0.39, 0.29) is 0 Å². The third-order valence-electron chi connectivity index (χ3n) is 4.23. The first-order chi connectivity index (χ1) is 10.8. The fraction of sp³-hybridized carbons (Fsp3) is 0.238. The Morgan fingerprint density at radius 3 is 2.36 bits per heavy atom. The molecule has 3 aromatic carbocycles. The largest absolute Gasteiger partial charge is 0.507 e. The van der Waals surface area contributed by atoms with E-state index >= 15 is 0 Å². The van der Waals surface area contributed by atoms with Crippen molar-refractivity contribution in [1.82, 2.24) is 0 Å². The lowest BCUT2D eigenvalue weighted by molar-refractivity contribution is 0.483. The first-order valence-electron chi connectivity index (χ1n) is 8.09. The molecule has 0 aliphatic rings. The maximum absolute atomic E-state index is 10.5. The molecule has 0 aliphatic carbocycles. The number of aromatic hydroxyl groups is 1. The van der Waals surface area contributed by atoms with Crippen molar-refractivity contribution in [2.24, 2.45) is 0 Å². The molecule has 0 atom stereocenters. The van der Waals surface area contributed by atoms with E-state index in [0.29, 0.717) is 5.75 Å². The predicted molar refractivity (Wildman–Crippen MR) is 94.3 cm³/mol.